The molecular weight excluding hydrogens is 356 g/mol. The second kappa shape index (κ2) is 9.38. The first-order valence-electron chi connectivity index (χ1n) is 10.4. The van der Waals surface area contributed by atoms with E-state index in [4.69, 9.17) is 4.74 Å². The number of benzene rings is 3. The SMILES string of the molecule is O=C(C=Cc1ccc(C2CCCCC2)cc1)c1ccc(Oc2ccccc2)cc1. The van der Waals surface area contributed by atoms with Crippen molar-refractivity contribution in [3.8, 4) is 11.5 Å². The number of carbonyl (C=O) groups excluding carboxylic acids is 1. The smallest absolute Gasteiger partial charge is 0.185 e. The van der Waals surface area contributed by atoms with Crippen LogP contribution in [0.5, 0.6) is 11.5 Å². The third-order valence-corrected chi connectivity index (χ3v) is 5.56. The predicted molar refractivity (Wildman–Crippen MR) is 119 cm³/mol. The van der Waals surface area contributed by atoms with Gasteiger partial charge in [0.25, 0.3) is 0 Å². The minimum absolute atomic E-state index is 0.00684. The van der Waals surface area contributed by atoms with Crippen LogP contribution >= 0.6 is 0 Å². The number of hydrogen-bond acceptors (Lipinski definition) is 2. The van der Waals surface area contributed by atoms with Crippen LogP contribution in [0, 0.1) is 0 Å². The highest BCUT2D eigenvalue weighted by molar-refractivity contribution is 6.06. The fraction of sp³-hybridized carbons (Fsp3) is 0.222. The Balaban J connectivity index is 1.36. The molecule has 146 valence electrons. The van der Waals surface area contributed by atoms with Crippen LogP contribution in [0.3, 0.4) is 0 Å². The van der Waals surface area contributed by atoms with E-state index in [2.05, 4.69) is 24.3 Å². The zero-order chi connectivity index (χ0) is 19.9. The summed E-state index contributed by atoms with van der Waals surface area (Å²) in [6, 6.07) is 25.5. The molecule has 0 bridgehead atoms. The summed E-state index contributed by atoms with van der Waals surface area (Å²) in [5.41, 5.74) is 3.14. The number of allylic oxidation sites excluding steroid dienone is 1. The second-order valence-electron chi connectivity index (χ2n) is 7.64. The van der Waals surface area contributed by atoms with Crippen LogP contribution in [-0.4, -0.2) is 5.78 Å². The van der Waals surface area contributed by atoms with Crippen molar-refractivity contribution >= 4 is 11.9 Å². The second-order valence-corrected chi connectivity index (χ2v) is 7.64. The van der Waals surface area contributed by atoms with E-state index in [1.807, 2.05) is 48.5 Å². The minimum atomic E-state index is -0.00684. The maximum absolute atomic E-state index is 12.5. The van der Waals surface area contributed by atoms with Crippen molar-refractivity contribution in [2.45, 2.75) is 38.0 Å². The molecule has 0 atom stereocenters. The predicted octanol–water partition coefficient (Wildman–Crippen LogP) is 7.42. The maximum Gasteiger partial charge on any atom is 0.185 e. The van der Waals surface area contributed by atoms with Gasteiger partial charge in [0.05, 0.1) is 0 Å². The molecule has 3 aromatic carbocycles. The number of ether oxygens (including phenoxy) is 1. The summed E-state index contributed by atoms with van der Waals surface area (Å²) in [4.78, 5) is 12.5. The van der Waals surface area contributed by atoms with Crippen LogP contribution in [0.2, 0.25) is 0 Å². The molecule has 3 aromatic rings. The Morgan fingerprint density at radius 1 is 0.759 bits per heavy atom. The van der Waals surface area contributed by atoms with Gasteiger partial charge in [-0.2, -0.15) is 0 Å². The fourth-order valence-electron chi connectivity index (χ4n) is 3.90. The number of para-hydroxylation sites is 1. The molecule has 0 aliphatic heterocycles. The summed E-state index contributed by atoms with van der Waals surface area (Å²) in [7, 11) is 0. The Kier molecular flexibility index (Phi) is 6.21. The Morgan fingerprint density at radius 3 is 2.10 bits per heavy atom. The Bertz CT molecular complexity index is 948. The van der Waals surface area contributed by atoms with Gasteiger partial charge in [-0.3, -0.25) is 4.79 Å². The van der Waals surface area contributed by atoms with Gasteiger partial charge < -0.3 is 4.74 Å². The normalized spacial score (nSPS) is 14.8. The van der Waals surface area contributed by atoms with Crippen LogP contribution in [-0.2, 0) is 0 Å². The molecule has 1 saturated carbocycles. The van der Waals surface area contributed by atoms with E-state index in [0.29, 0.717) is 11.5 Å². The van der Waals surface area contributed by atoms with Crippen molar-refractivity contribution < 1.29 is 9.53 Å². The first-order chi connectivity index (χ1) is 14.3. The molecule has 0 radical (unpaired) electrons. The Hall–Kier alpha value is -3.13. The number of carbonyl (C=O) groups is 1. The third-order valence-electron chi connectivity index (χ3n) is 5.56. The van der Waals surface area contributed by atoms with Crippen LogP contribution in [0.15, 0.2) is 84.9 Å². The first kappa shape index (κ1) is 19.2. The molecule has 1 aliphatic rings. The highest BCUT2D eigenvalue weighted by Crippen LogP contribution is 2.32. The van der Waals surface area contributed by atoms with Gasteiger partial charge in [-0.1, -0.05) is 67.8 Å². The quantitative estimate of drug-likeness (QED) is 0.327. The van der Waals surface area contributed by atoms with E-state index < -0.39 is 0 Å². The largest absolute Gasteiger partial charge is 0.457 e. The summed E-state index contributed by atoms with van der Waals surface area (Å²) >= 11 is 0. The van der Waals surface area contributed by atoms with Crippen LogP contribution in [0.25, 0.3) is 6.08 Å². The van der Waals surface area contributed by atoms with Crippen molar-refractivity contribution in [3.63, 3.8) is 0 Å². The van der Waals surface area contributed by atoms with Crippen LogP contribution in [0.4, 0.5) is 0 Å². The average Bonchev–Trinajstić information content (AvgIpc) is 2.80. The maximum atomic E-state index is 12.5. The van der Waals surface area contributed by atoms with Gasteiger partial charge in [-0.05, 0) is 72.4 Å². The van der Waals surface area contributed by atoms with Crippen LogP contribution in [0.1, 0.15) is 59.5 Å². The van der Waals surface area contributed by atoms with E-state index in [-0.39, 0.29) is 5.78 Å². The van der Waals surface area contributed by atoms with Gasteiger partial charge in [0.1, 0.15) is 11.5 Å². The van der Waals surface area contributed by atoms with Gasteiger partial charge in [0, 0.05) is 5.56 Å². The van der Waals surface area contributed by atoms with E-state index >= 15 is 0 Å². The number of hydrogen-bond donors (Lipinski definition) is 0. The zero-order valence-corrected chi connectivity index (χ0v) is 16.6. The number of ketones is 1. The highest BCUT2D eigenvalue weighted by Gasteiger charge is 2.14. The lowest BCUT2D eigenvalue weighted by atomic mass is 9.84. The summed E-state index contributed by atoms with van der Waals surface area (Å²) < 4.78 is 5.77. The molecule has 2 nitrogen and oxygen atoms in total. The molecule has 0 unspecified atom stereocenters. The van der Waals surface area contributed by atoms with E-state index in [9.17, 15) is 4.79 Å². The van der Waals surface area contributed by atoms with Gasteiger partial charge in [0.2, 0.25) is 0 Å². The van der Waals surface area contributed by atoms with E-state index in [0.717, 1.165) is 17.1 Å². The topological polar surface area (TPSA) is 26.3 Å². The molecule has 4 rings (SSSR count). The molecular formula is C27H26O2. The molecule has 0 amide bonds. The summed E-state index contributed by atoms with van der Waals surface area (Å²) in [5.74, 6) is 2.20. The van der Waals surface area contributed by atoms with E-state index in [1.54, 1.807) is 18.2 Å². The van der Waals surface area contributed by atoms with Gasteiger partial charge >= 0.3 is 0 Å². The van der Waals surface area contributed by atoms with Crippen molar-refractivity contribution in [2.75, 3.05) is 0 Å². The highest BCUT2D eigenvalue weighted by atomic mass is 16.5. The van der Waals surface area contributed by atoms with Crippen LogP contribution < -0.4 is 4.74 Å². The van der Waals surface area contributed by atoms with Crippen molar-refractivity contribution in [3.05, 3.63) is 102 Å². The van der Waals surface area contributed by atoms with Gasteiger partial charge in [0.15, 0.2) is 5.78 Å². The number of rotatable bonds is 6. The summed E-state index contributed by atoms with van der Waals surface area (Å²) in [6.07, 6.45) is 10.2. The minimum Gasteiger partial charge on any atom is -0.457 e. The van der Waals surface area contributed by atoms with E-state index in [1.165, 1.54) is 37.7 Å². The van der Waals surface area contributed by atoms with Crippen molar-refractivity contribution in [2.24, 2.45) is 0 Å². The van der Waals surface area contributed by atoms with Gasteiger partial charge in [-0.15, -0.1) is 0 Å². The summed E-state index contributed by atoms with van der Waals surface area (Å²) in [6.45, 7) is 0. The molecule has 0 heterocycles. The third kappa shape index (κ3) is 5.23. The van der Waals surface area contributed by atoms with Crippen molar-refractivity contribution in [1.29, 1.82) is 0 Å². The Morgan fingerprint density at radius 2 is 1.41 bits per heavy atom. The lowest BCUT2D eigenvalue weighted by Crippen LogP contribution is -2.04. The lowest BCUT2D eigenvalue weighted by molar-refractivity contribution is 0.104. The molecule has 2 heteroatoms. The Labute approximate surface area is 172 Å². The molecule has 0 spiro atoms. The molecule has 1 aliphatic carbocycles. The standard InChI is InChI=1S/C27H26O2/c28-27(24-16-18-26(19-17-24)29-25-9-5-2-6-10-25)20-13-21-11-14-23(15-12-21)22-7-3-1-4-8-22/h2,5-6,9-20,22H,1,3-4,7-8H2. The summed E-state index contributed by atoms with van der Waals surface area (Å²) in [5, 5.41) is 0. The first-order valence-corrected chi connectivity index (χ1v) is 10.4. The molecule has 1 fully saturated rings. The molecule has 0 aromatic heterocycles. The monoisotopic (exact) mass is 382 g/mol. The lowest BCUT2D eigenvalue weighted by Gasteiger charge is -2.21. The zero-order valence-electron chi connectivity index (χ0n) is 16.6. The average molecular weight is 383 g/mol. The fourth-order valence-corrected chi connectivity index (χ4v) is 3.90. The van der Waals surface area contributed by atoms with Crippen molar-refractivity contribution in [1.82, 2.24) is 0 Å². The molecule has 0 N–H and O–H groups in total. The molecule has 0 saturated heterocycles. The van der Waals surface area contributed by atoms with Gasteiger partial charge in [-0.25, -0.2) is 0 Å². The molecule has 29 heavy (non-hydrogen) atoms.